The van der Waals surface area contributed by atoms with Crippen molar-refractivity contribution in [2.75, 3.05) is 37.7 Å². The summed E-state index contributed by atoms with van der Waals surface area (Å²) in [5.41, 5.74) is 0.254. The van der Waals surface area contributed by atoms with Crippen molar-refractivity contribution >= 4 is 22.9 Å². The number of nitrogens with zero attached hydrogens (tertiary/aromatic N) is 5. The minimum absolute atomic E-state index is 0.0285. The van der Waals surface area contributed by atoms with Crippen molar-refractivity contribution in [1.29, 1.82) is 0 Å². The zero-order valence-corrected chi connectivity index (χ0v) is 21.6. The number of hydrogen-bond donors (Lipinski definition) is 2. The molecule has 0 bridgehead atoms. The molecule has 3 aliphatic rings. The van der Waals surface area contributed by atoms with Gasteiger partial charge in [-0.25, -0.2) is 13.8 Å². The van der Waals surface area contributed by atoms with Crippen LogP contribution in [0.3, 0.4) is 0 Å². The molecular weight excluding hydrogens is 510 g/mol. The fourth-order valence-electron chi connectivity index (χ4n) is 5.24. The van der Waals surface area contributed by atoms with E-state index in [2.05, 4.69) is 20.3 Å². The van der Waals surface area contributed by atoms with Gasteiger partial charge in [0.15, 0.2) is 5.82 Å². The Hall–Kier alpha value is -3.38. The maximum absolute atomic E-state index is 14.1. The molecule has 12 heteroatoms. The van der Waals surface area contributed by atoms with Gasteiger partial charge >= 0.3 is 0 Å². The van der Waals surface area contributed by atoms with Gasteiger partial charge in [0.05, 0.1) is 29.8 Å². The van der Waals surface area contributed by atoms with Gasteiger partial charge in [0, 0.05) is 31.6 Å². The van der Waals surface area contributed by atoms with E-state index in [-0.39, 0.29) is 23.7 Å². The van der Waals surface area contributed by atoms with Gasteiger partial charge in [-0.3, -0.25) is 9.36 Å². The third kappa shape index (κ3) is 5.67. The molecule has 6 rings (SSSR count). The van der Waals surface area contributed by atoms with E-state index in [9.17, 15) is 18.7 Å². The molecule has 0 atom stereocenters. The molecule has 2 N–H and O–H groups in total. The molecule has 3 fully saturated rings. The van der Waals surface area contributed by atoms with E-state index in [1.807, 2.05) is 4.90 Å². The Morgan fingerprint density at radius 1 is 1.13 bits per heavy atom. The highest BCUT2D eigenvalue weighted by atomic mass is 19.3. The number of para-hydroxylation sites is 2. The number of alkyl halides is 2. The Balaban J connectivity index is 1.24. The molecule has 3 aromatic rings. The lowest BCUT2D eigenvalue weighted by molar-refractivity contribution is -0.127. The molecule has 3 heterocycles. The van der Waals surface area contributed by atoms with Crippen LogP contribution in [-0.2, 0) is 9.53 Å². The fraction of sp³-hybridized carbons (Fsp3) is 0.556. The lowest BCUT2D eigenvalue weighted by Crippen LogP contribution is -2.39. The molecule has 2 saturated carbocycles. The highest BCUT2D eigenvalue weighted by Gasteiger charge is 2.41. The Morgan fingerprint density at radius 3 is 2.59 bits per heavy atom. The number of fused-ring (bicyclic) bond motifs is 1. The molecule has 1 aromatic carbocycles. The van der Waals surface area contributed by atoms with Gasteiger partial charge in [-0.05, 0) is 50.7 Å². The second-order valence-corrected chi connectivity index (χ2v) is 10.6. The van der Waals surface area contributed by atoms with Crippen LogP contribution in [0.4, 0.5) is 14.7 Å². The maximum atomic E-state index is 14.1. The van der Waals surface area contributed by atoms with Gasteiger partial charge < -0.3 is 24.8 Å². The van der Waals surface area contributed by atoms with Crippen LogP contribution in [-0.4, -0.2) is 75.1 Å². The highest BCUT2D eigenvalue weighted by molar-refractivity contribution is 5.79. The predicted octanol–water partition coefficient (Wildman–Crippen LogP) is 3.17. The summed E-state index contributed by atoms with van der Waals surface area (Å²) >= 11 is 0. The minimum Gasteiger partial charge on any atom is -0.474 e. The number of amides is 1. The number of ether oxygens (including phenoxy) is 2. The number of morpholine rings is 1. The highest BCUT2D eigenvalue weighted by Crippen LogP contribution is 2.35. The van der Waals surface area contributed by atoms with Crippen LogP contribution >= 0.6 is 0 Å². The van der Waals surface area contributed by atoms with Crippen molar-refractivity contribution in [3.63, 3.8) is 0 Å². The van der Waals surface area contributed by atoms with Crippen LogP contribution < -0.4 is 15.0 Å². The smallest absolute Gasteiger partial charge is 0.296 e. The fourth-order valence-corrected chi connectivity index (χ4v) is 5.24. The van der Waals surface area contributed by atoms with Crippen molar-refractivity contribution in [2.24, 2.45) is 5.92 Å². The van der Waals surface area contributed by atoms with Crippen LogP contribution in [0, 0.1) is 5.92 Å². The predicted molar refractivity (Wildman–Crippen MR) is 138 cm³/mol. The maximum Gasteiger partial charge on any atom is 0.296 e. The number of nitrogens with one attached hydrogen (secondary N) is 1. The number of carbonyl (C=O) groups is 1. The van der Waals surface area contributed by atoms with Gasteiger partial charge in [-0.1, -0.05) is 12.1 Å². The Morgan fingerprint density at radius 2 is 1.87 bits per heavy atom. The SMILES string of the molecule is O=C(NCC1(O)CC1)[C@H]1CC[C@H](Oc2cc(-n3c(C(F)F)nc4ccccc43)nc(N3CCOCC3)n2)CC1. The van der Waals surface area contributed by atoms with Crippen LogP contribution in [0.25, 0.3) is 16.9 Å². The number of aromatic nitrogens is 4. The van der Waals surface area contributed by atoms with Gasteiger partial charge in [-0.15, -0.1) is 0 Å². The van der Waals surface area contributed by atoms with E-state index < -0.39 is 17.9 Å². The topological polar surface area (TPSA) is 115 Å². The molecule has 1 amide bonds. The summed E-state index contributed by atoms with van der Waals surface area (Å²) < 4.78 is 41.3. The third-order valence-corrected chi connectivity index (χ3v) is 7.73. The van der Waals surface area contributed by atoms with E-state index in [1.165, 1.54) is 4.57 Å². The molecule has 1 aliphatic heterocycles. The summed E-state index contributed by atoms with van der Waals surface area (Å²) in [5.74, 6) is 0.396. The normalized spacial score (nSPS) is 22.7. The first-order valence-corrected chi connectivity index (χ1v) is 13.5. The van der Waals surface area contributed by atoms with Gasteiger partial charge in [-0.2, -0.15) is 9.97 Å². The molecule has 1 saturated heterocycles. The molecule has 0 spiro atoms. The van der Waals surface area contributed by atoms with Crippen molar-refractivity contribution in [2.45, 2.75) is 56.7 Å². The standard InChI is InChI=1S/C27H32F2N6O4/c28-23(29)24-31-19-3-1-2-4-20(19)35(24)21-15-22(33-26(32-21)34-11-13-38-14-12-34)39-18-7-5-17(6-8-18)25(36)30-16-27(37)9-10-27/h1-4,15,17-18,23,37H,5-14,16H2,(H,30,36)/t17-,18-. The number of carbonyl (C=O) groups excluding carboxylic acids is 1. The average molecular weight is 543 g/mol. The van der Waals surface area contributed by atoms with Crippen molar-refractivity contribution in [3.05, 3.63) is 36.2 Å². The number of imidazole rings is 1. The van der Waals surface area contributed by atoms with Gasteiger partial charge in [0.1, 0.15) is 11.9 Å². The molecule has 2 aromatic heterocycles. The van der Waals surface area contributed by atoms with E-state index in [0.29, 0.717) is 81.4 Å². The second kappa shape index (κ2) is 10.6. The summed E-state index contributed by atoms with van der Waals surface area (Å²) in [6, 6.07) is 8.54. The van der Waals surface area contributed by atoms with Crippen LogP contribution in [0.15, 0.2) is 30.3 Å². The molecule has 208 valence electrons. The zero-order valence-electron chi connectivity index (χ0n) is 21.6. The monoisotopic (exact) mass is 542 g/mol. The van der Waals surface area contributed by atoms with Crippen molar-refractivity contribution in [1.82, 2.24) is 24.8 Å². The van der Waals surface area contributed by atoms with Crippen molar-refractivity contribution < 1.29 is 28.2 Å². The average Bonchev–Trinajstić information content (AvgIpc) is 3.56. The molecule has 10 nitrogen and oxygen atoms in total. The molecule has 0 unspecified atom stereocenters. The third-order valence-electron chi connectivity index (χ3n) is 7.73. The van der Waals surface area contributed by atoms with E-state index in [4.69, 9.17) is 9.47 Å². The zero-order chi connectivity index (χ0) is 27.0. The van der Waals surface area contributed by atoms with Gasteiger partial charge in [0.2, 0.25) is 17.7 Å². The first-order valence-electron chi connectivity index (χ1n) is 13.5. The quantitative estimate of drug-likeness (QED) is 0.446. The molecule has 39 heavy (non-hydrogen) atoms. The molecule has 0 radical (unpaired) electrons. The minimum atomic E-state index is -2.80. The number of anilines is 1. The van der Waals surface area contributed by atoms with Crippen LogP contribution in [0.2, 0.25) is 0 Å². The number of benzene rings is 1. The Bertz CT molecular complexity index is 1330. The largest absolute Gasteiger partial charge is 0.474 e. The lowest BCUT2D eigenvalue weighted by atomic mass is 9.86. The number of rotatable bonds is 8. The number of halogens is 2. The van der Waals surface area contributed by atoms with Crippen LogP contribution in [0.1, 0.15) is 50.8 Å². The Kier molecular flexibility index (Phi) is 7.06. The summed E-state index contributed by atoms with van der Waals surface area (Å²) in [4.78, 5) is 28.0. The second-order valence-electron chi connectivity index (χ2n) is 10.6. The molecular formula is C27H32F2N6O4. The van der Waals surface area contributed by atoms with Crippen LogP contribution in [0.5, 0.6) is 5.88 Å². The van der Waals surface area contributed by atoms with E-state index >= 15 is 0 Å². The number of aliphatic hydroxyl groups is 1. The van der Waals surface area contributed by atoms with Crippen molar-refractivity contribution in [3.8, 4) is 11.7 Å². The summed E-state index contributed by atoms with van der Waals surface area (Å²) in [5, 5.41) is 12.9. The summed E-state index contributed by atoms with van der Waals surface area (Å²) in [6.07, 6.45) is 1.12. The van der Waals surface area contributed by atoms with E-state index in [0.717, 1.165) is 12.8 Å². The molecule has 2 aliphatic carbocycles. The first kappa shape index (κ1) is 25.9. The summed E-state index contributed by atoms with van der Waals surface area (Å²) in [6.45, 7) is 2.49. The first-order chi connectivity index (χ1) is 18.9. The lowest BCUT2D eigenvalue weighted by Gasteiger charge is -2.30. The Labute approximate surface area is 224 Å². The summed E-state index contributed by atoms with van der Waals surface area (Å²) in [7, 11) is 0. The number of hydrogen-bond acceptors (Lipinski definition) is 8. The van der Waals surface area contributed by atoms with E-state index in [1.54, 1.807) is 30.3 Å². The van der Waals surface area contributed by atoms with Gasteiger partial charge in [0.25, 0.3) is 6.43 Å².